The van der Waals surface area contributed by atoms with Gasteiger partial charge < -0.3 is 25.4 Å². The van der Waals surface area contributed by atoms with E-state index in [9.17, 15) is 34.5 Å². The minimum atomic E-state index is -1.66. The summed E-state index contributed by atoms with van der Waals surface area (Å²) in [6, 6.07) is 20.6. The molecule has 9 nitrogen and oxygen atoms in total. The van der Waals surface area contributed by atoms with Gasteiger partial charge in [-0.15, -0.1) is 0 Å². The SMILES string of the molecule is COc1ccc(CNC(=O)c2c(C(=O)O)c(C(=O)O)c3c(C(=O)O)ccc4c5cccc6cccc(c2c34)c65)cc1. The molecule has 6 rings (SSSR count). The molecule has 0 unspecified atom stereocenters. The lowest BCUT2D eigenvalue weighted by atomic mass is 9.81. The van der Waals surface area contributed by atoms with Gasteiger partial charge in [0.1, 0.15) is 5.75 Å². The van der Waals surface area contributed by atoms with Crippen molar-refractivity contribution < 1.29 is 39.2 Å². The van der Waals surface area contributed by atoms with Gasteiger partial charge in [-0.05, 0) is 56.1 Å². The van der Waals surface area contributed by atoms with Crippen LogP contribution in [0.5, 0.6) is 5.75 Å². The highest BCUT2D eigenvalue weighted by Crippen LogP contribution is 2.45. The Kier molecular flexibility index (Phi) is 5.92. The molecule has 202 valence electrons. The fourth-order valence-corrected chi connectivity index (χ4v) is 5.74. The lowest BCUT2D eigenvalue weighted by molar-refractivity contribution is 0.0650. The Hall–Kier alpha value is -5.70. The lowest BCUT2D eigenvalue weighted by Crippen LogP contribution is -2.27. The molecule has 0 aromatic heterocycles. The van der Waals surface area contributed by atoms with Crippen LogP contribution in [0.1, 0.15) is 47.0 Å². The van der Waals surface area contributed by atoms with Crippen LogP contribution in [0.4, 0.5) is 0 Å². The number of aromatic carboxylic acids is 3. The van der Waals surface area contributed by atoms with Gasteiger partial charge in [0, 0.05) is 17.3 Å². The minimum Gasteiger partial charge on any atom is -0.497 e. The van der Waals surface area contributed by atoms with Crippen LogP contribution >= 0.6 is 0 Å². The largest absolute Gasteiger partial charge is 0.497 e. The number of carbonyl (C=O) groups is 4. The van der Waals surface area contributed by atoms with Crippen molar-refractivity contribution >= 4 is 66.9 Å². The molecule has 0 fully saturated rings. The standard InChI is InChI=1S/C32H21NO8/c1-41-17-10-8-15(9-11-17)14-33-29(34)26-24-20-7-3-5-16-4-2-6-18(22(16)20)19-12-13-21(30(35)36)25(23(19)24)27(31(37)38)28(26)32(39)40/h2-13H,14H2,1H3,(H,33,34)(H,35,36)(H,37,38)(H,39,40). The average Bonchev–Trinajstić information content (AvgIpc) is 2.97. The maximum absolute atomic E-state index is 13.9. The molecule has 0 spiro atoms. The summed E-state index contributed by atoms with van der Waals surface area (Å²) in [6.07, 6.45) is 0. The van der Waals surface area contributed by atoms with Crippen molar-refractivity contribution in [2.45, 2.75) is 6.54 Å². The zero-order valence-electron chi connectivity index (χ0n) is 21.5. The topological polar surface area (TPSA) is 150 Å². The summed E-state index contributed by atoms with van der Waals surface area (Å²) in [5.41, 5.74) is -1.55. The number of hydrogen-bond acceptors (Lipinski definition) is 5. The van der Waals surface area contributed by atoms with E-state index >= 15 is 0 Å². The van der Waals surface area contributed by atoms with Gasteiger partial charge in [0.25, 0.3) is 5.91 Å². The fourth-order valence-electron chi connectivity index (χ4n) is 5.74. The summed E-state index contributed by atoms with van der Waals surface area (Å²) in [7, 11) is 1.53. The van der Waals surface area contributed by atoms with Crippen LogP contribution in [0, 0.1) is 0 Å². The molecular weight excluding hydrogens is 526 g/mol. The second-order valence-corrected chi connectivity index (χ2v) is 9.57. The van der Waals surface area contributed by atoms with Gasteiger partial charge in [-0.25, -0.2) is 14.4 Å². The Bertz CT molecular complexity index is 2070. The van der Waals surface area contributed by atoms with E-state index in [4.69, 9.17) is 4.74 Å². The highest BCUT2D eigenvalue weighted by atomic mass is 16.5. The predicted octanol–water partition coefficient (Wildman–Crippen LogP) is 5.77. The molecule has 1 amide bonds. The Morgan fingerprint density at radius 2 is 1.27 bits per heavy atom. The van der Waals surface area contributed by atoms with E-state index in [1.165, 1.54) is 13.2 Å². The van der Waals surface area contributed by atoms with Crippen molar-refractivity contribution in [3.05, 3.63) is 101 Å². The van der Waals surface area contributed by atoms with Crippen molar-refractivity contribution in [3.8, 4) is 5.75 Å². The second-order valence-electron chi connectivity index (χ2n) is 9.57. The maximum atomic E-state index is 13.9. The number of nitrogens with one attached hydrogen (secondary N) is 1. The summed E-state index contributed by atoms with van der Waals surface area (Å²) >= 11 is 0. The Balaban J connectivity index is 1.77. The fraction of sp³-hybridized carbons (Fsp3) is 0.0625. The molecule has 0 atom stereocenters. The van der Waals surface area contributed by atoms with Crippen LogP contribution in [0.25, 0.3) is 43.1 Å². The molecule has 9 heteroatoms. The zero-order chi connectivity index (χ0) is 29.0. The van der Waals surface area contributed by atoms with Crippen LogP contribution in [-0.2, 0) is 6.54 Å². The molecule has 4 N–H and O–H groups in total. The third-order valence-corrected chi connectivity index (χ3v) is 7.42. The third-order valence-electron chi connectivity index (χ3n) is 7.42. The summed E-state index contributed by atoms with van der Waals surface area (Å²) in [4.78, 5) is 51.7. The number of carboxylic acid groups (broad SMARTS) is 3. The molecule has 0 heterocycles. The van der Waals surface area contributed by atoms with Gasteiger partial charge in [-0.2, -0.15) is 0 Å². The normalized spacial score (nSPS) is 11.3. The Morgan fingerprint density at radius 1 is 0.634 bits per heavy atom. The number of fused-ring (bicyclic) bond motifs is 2. The third kappa shape index (κ3) is 3.86. The first-order chi connectivity index (χ1) is 19.7. The van der Waals surface area contributed by atoms with Gasteiger partial charge in [-0.1, -0.05) is 54.6 Å². The summed E-state index contributed by atoms with van der Waals surface area (Å²) in [6.45, 7) is 0.0184. The Morgan fingerprint density at radius 3 is 1.88 bits per heavy atom. The van der Waals surface area contributed by atoms with Crippen LogP contribution in [0.15, 0.2) is 72.8 Å². The summed E-state index contributed by atoms with van der Waals surface area (Å²) in [5, 5.41) is 36.9. The summed E-state index contributed by atoms with van der Waals surface area (Å²) in [5.74, 6) is -4.93. The highest BCUT2D eigenvalue weighted by molar-refractivity contribution is 6.40. The van der Waals surface area contributed by atoms with Crippen molar-refractivity contribution in [1.29, 1.82) is 0 Å². The van der Waals surface area contributed by atoms with Crippen LogP contribution in [0.3, 0.4) is 0 Å². The molecule has 0 saturated heterocycles. The quantitative estimate of drug-likeness (QED) is 0.145. The number of carboxylic acids is 3. The number of benzene rings is 6. The monoisotopic (exact) mass is 547 g/mol. The smallest absolute Gasteiger partial charge is 0.337 e. The van der Waals surface area contributed by atoms with Gasteiger partial charge in [-0.3, -0.25) is 4.79 Å². The molecule has 6 aromatic rings. The van der Waals surface area contributed by atoms with Crippen molar-refractivity contribution in [1.82, 2.24) is 5.32 Å². The first-order valence-electron chi connectivity index (χ1n) is 12.5. The average molecular weight is 548 g/mol. The minimum absolute atomic E-state index is 0.0184. The molecule has 0 aliphatic rings. The van der Waals surface area contributed by atoms with E-state index in [0.29, 0.717) is 22.1 Å². The number of rotatable bonds is 7. The molecule has 41 heavy (non-hydrogen) atoms. The van der Waals surface area contributed by atoms with Crippen molar-refractivity contribution in [2.24, 2.45) is 0 Å². The highest BCUT2D eigenvalue weighted by Gasteiger charge is 2.33. The van der Waals surface area contributed by atoms with Gasteiger partial charge in [0.15, 0.2) is 0 Å². The van der Waals surface area contributed by atoms with Gasteiger partial charge in [0.2, 0.25) is 0 Å². The van der Waals surface area contributed by atoms with Crippen LogP contribution < -0.4 is 10.1 Å². The van der Waals surface area contributed by atoms with E-state index in [1.54, 1.807) is 42.5 Å². The van der Waals surface area contributed by atoms with E-state index < -0.39 is 34.9 Å². The molecule has 0 aliphatic heterocycles. The first-order valence-corrected chi connectivity index (χ1v) is 12.5. The second kappa shape index (κ2) is 9.49. The van der Waals surface area contributed by atoms with Crippen LogP contribution in [0.2, 0.25) is 0 Å². The molecule has 0 bridgehead atoms. The van der Waals surface area contributed by atoms with Gasteiger partial charge in [0.05, 0.1) is 29.4 Å². The molecule has 0 radical (unpaired) electrons. The number of amides is 1. The van der Waals surface area contributed by atoms with E-state index in [1.807, 2.05) is 24.3 Å². The van der Waals surface area contributed by atoms with E-state index in [2.05, 4.69) is 5.32 Å². The van der Waals surface area contributed by atoms with Crippen LogP contribution in [-0.4, -0.2) is 46.2 Å². The van der Waals surface area contributed by atoms with Crippen molar-refractivity contribution in [3.63, 3.8) is 0 Å². The molecular formula is C32H21NO8. The first kappa shape index (κ1) is 25.6. The molecule has 0 aliphatic carbocycles. The molecule has 6 aromatic carbocycles. The van der Waals surface area contributed by atoms with E-state index in [0.717, 1.165) is 16.2 Å². The number of hydrogen-bond donors (Lipinski definition) is 4. The lowest BCUT2D eigenvalue weighted by Gasteiger charge is -2.21. The van der Waals surface area contributed by atoms with Gasteiger partial charge >= 0.3 is 17.9 Å². The zero-order valence-corrected chi connectivity index (χ0v) is 21.5. The predicted molar refractivity (Wildman–Crippen MR) is 153 cm³/mol. The number of carbonyl (C=O) groups excluding carboxylic acids is 1. The maximum Gasteiger partial charge on any atom is 0.337 e. The number of ether oxygens (including phenoxy) is 1. The summed E-state index contributed by atoms with van der Waals surface area (Å²) < 4.78 is 5.16. The van der Waals surface area contributed by atoms with E-state index in [-0.39, 0.29) is 33.8 Å². The van der Waals surface area contributed by atoms with Crippen molar-refractivity contribution in [2.75, 3.05) is 7.11 Å². The molecule has 0 saturated carbocycles. The Labute approximate surface area is 231 Å². The number of methoxy groups -OCH3 is 1.